The van der Waals surface area contributed by atoms with Crippen molar-refractivity contribution in [1.82, 2.24) is 9.97 Å². The van der Waals surface area contributed by atoms with Gasteiger partial charge in [-0.25, -0.2) is 9.97 Å². The number of aromatic nitrogens is 2. The second-order valence-electron chi connectivity index (χ2n) is 6.06. The number of rotatable bonds is 7. The first-order chi connectivity index (χ1) is 13.6. The third kappa shape index (κ3) is 4.78. The van der Waals surface area contributed by atoms with Crippen LogP contribution in [0.2, 0.25) is 5.02 Å². The summed E-state index contributed by atoms with van der Waals surface area (Å²) >= 11 is 6.00. The standard InChI is InChI=1S/C21H21ClN4O2/c1-3-26(14-15-7-5-4-6-8-15)20-13-23-18(12-24-20)21(27)25-17-11-16(22)9-10-19(17)28-2/h4-13H,3,14H2,1-2H3,(H,25,27). The molecule has 1 heterocycles. The van der Waals surface area contributed by atoms with Crippen molar-refractivity contribution in [3.8, 4) is 5.75 Å². The van der Waals surface area contributed by atoms with E-state index < -0.39 is 0 Å². The van der Waals surface area contributed by atoms with Crippen molar-refractivity contribution in [3.63, 3.8) is 0 Å². The second kappa shape index (κ2) is 9.19. The van der Waals surface area contributed by atoms with Gasteiger partial charge < -0.3 is 15.0 Å². The van der Waals surface area contributed by atoms with E-state index in [-0.39, 0.29) is 11.6 Å². The maximum absolute atomic E-state index is 12.5. The fourth-order valence-corrected chi connectivity index (χ4v) is 2.90. The fraction of sp³-hybridized carbons (Fsp3) is 0.190. The molecule has 3 aromatic rings. The van der Waals surface area contributed by atoms with Crippen LogP contribution in [0.3, 0.4) is 0 Å². The van der Waals surface area contributed by atoms with Gasteiger partial charge in [0.15, 0.2) is 0 Å². The molecule has 0 atom stereocenters. The Hall–Kier alpha value is -3.12. The molecule has 3 rings (SSSR count). The molecule has 6 nitrogen and oxygen atoms in total. The molecule has 0 saturated heterocycles. The Bertz CT molecular complexity index is 933. The van der Waals surface area contributed by atoms with E-state index >= 15 is 0 Å². The number of nitrogens with one attached hydrogen (secondary N) is 1. The smallest absolute Gasteiger partial charge is 0.275 e. The molecule has 7 heteroatoms. The number of hydrogen-bond acceptors (Lipinski definition) is 5. The Morgan fingerprint density at radius 2 is 1.93 bits per heavy atom. The lowest BCUT2D eigenvalue weighted by atomic mass is 10.2. The lowest BCUT2D eigenvalue weighted by Gasteiger charge is -2.21. The molecular weight excluding hydrogens is 376 g/mol. The summed E-state index contributed by atoms with van der Waals surface area (Å²) in [5.41, 5.74) is 1.87. The van der Waals surface area contributed by atoms with E-state index in [9.17, 15) is 4.79 Å². The zero-order valence-electron chi connectivity index (χ0n) is 15.7. The maximum Gasteiger partial charge on any atom is 0.275 e. The minimum Gasteiger partial charge on any atom is -0.495 e. The van der Waals surface area contributed by atoms with Crippen LogP contribution in [0.1, 0.15) is 23.0 Å². The van der Waals surface area contributed by atoms with Gasteiger partial charge >= 0.3 is 0 Å². The number of hydrogen-bond donors (Lipinski definition) is 1. The van der Waals surface area contributed by atoms with Crippen molar-refractivity contribution in [2.24, 2.45) is 0 Å². The van der Waals surface area contributed by atoms with Crippen molar-refractivity contribution >= 4 is 29.0 Å². The van der Waals surface area contributed by atoms with Gasteiger partial charge in [-0.15, -0.1) is 0 Å². The topological polar surface area (TPSA) is 67.4 Å². The van der Waals surface area contributed by atoms with Crippen LogP contribution in [0.4, 0.5) is 11.5 Å². The molecular formula is C21H21ClN4O2. The molecule has 1 N–H and O–H groups in total. The second-order valence-corrected chi connectivity index (χ2v) is 6.49. The highest BCUT2D eigenvalue weighted by atomic mass is 35.5. The van der Waals surface area contributed by atoms with Gasteiger partial charge in [-0.1, -0.05) is 41.9 Å². The van der Waals surface area contributed by atoms with Crippen LogP contribution in [-0.4, -0.2) is 29.5 Å². The molecule has 0 fully saturated rings. The molecule has 144 valence electrons. The van der Waals surface area contributed by atoms with Crippen LogP contribution >= 0.6 is 11.6 Å². The molecule has 0 radical (unpaired) electrons. The summed E-state index contributed by atoms with van der Waals surface area (Å²) in [5, 5.41) is 3.25. The number of carbonyl (C=O) groups is 1. The number of methoxy groups -OCH3 is 1. The Balaban J connectivity index is 1.72. The van der Waals surface area contributed by atoms with Gasteiger partial charge in [0.2, 0.25) is 0 Å². The van der Waals surface area contributed by atoms with Gasteiger partial charge in [-0.05, 0) is 30.7 Å². The predicted octanol–water partition coefficient (Wildman–Crippen LogP) is 4.42. The third-order valence-electron chi connectivity index (χ3n) is 4.20. The molecule has 0 spiro atoms. The van der Waals surface area contributed by atoms with E-state index in [2.05, 4.69) is 39.2 Å². The van der Waals surface area contributed by atoms with Crippen LogP contribution in [0, 0.1) is 0 Å². The molecule has 2 aromatic carbocycles. The third-order valence-corrected chi connectivity index (χ3v) is 4.44. The molecule has 0 saturated carbocycles. The van der Waals surface area contributed by atoms with Gasteiger partial charge in [-0.2, -0.15) is 0 Å². The highest BCUT2D eigenvalue weighted by Crippen LogP contribution is 2.28. The summed E-state index contributed by atoms with van der Waals surface area (Å²) in [6, 6.07) is 15.1. The molecule has 0 aliphatic carbocycles. The quantitative estimate of drug-likeness (QED) is 0.640. The van der Waals surface area contributed by atoms with Crippen LogP contribution in [0.25, 0.3) is 0 Å². The molecule has 1 amide bonds. The molecule has 0 aliphatic rings. The molecule has 1 aromatic heterocycles. The number of benzene rings is 2. The van der Waals surface area contributed by atoms with Gasteiger partial charge in [0, 0.05) is 18.1 Å². The van der Waals surface area contributed by atoms with Crippen molar-refractivity contribution in [3.05, 3.63) is 77.2 Å². The maximum atomic E-state index is 12.5. The van der Waals surface area contributed by atoms with Crippen LogP contribution in [0.15, 0.2) is 60.9 Å². The highest BCUT2D eigenvalue weighted by Gasteiger charge is 2.14. The molecule has 0 aliphatic heterocycles. The summed E-state index contributed by atoms with van der Waals surface area (Å²) in [5.74, 6) is 0.844. The average molecular weight is 397 g/mol. The van der Waals surface area contributed by atoms with E-state index in [1.807, 2.05) is 18.2 Å². The van der Waals surface area contributed by atoms with Gasteiger partial charge in [0.25, 0.3) is 5.91 Å². The number of ether oxygens (including phenoxy) is 1. The Morgan fingerprint density at radius 3 is 2.57 bits per heavy atom. The first-order valence-corrected chi connectivity index (χ1v) is 9.24. The summed E-state index contributed by atoms with van der Waals surface area (Å²) < 4.78 is 5.24. The summed E-state index contributed by atoms with van der Waals surface area (Å²) in [6.07, 6.45) is 3.08. The minimum atomic E-state index is -0.384. The monoisotopic (exact) mass is 396 g/mol. The first-order valence-electron chi connectivity index (χ1n) is 8.86. The number of nitrogens with zero attached hydrogens (tertiary/aromatic N) is 3. The number of anilines is 2. The van der Waals surface area contributed by atoms with Crippen LogP contribution in [-0.2, 0) is 6.54 Å². The summed E-state index contributed by atoms with van der Waals surface area (Å²) in [6.45, 7) is 3.54. The van der Waals surface area contributed by atoms with Crippen molar-refractivity contribution in [1.29, 1.82) is 0 Å². The highest BCUT2D eigenvalue weighted by molar-refractivity contribution is 6.31. The van der Waals surface area contributed by atoms with Crippen molar-refractivity contribution in [2.45, 2.75) is 13.5 Å². The van der Waals surface area contributed by atoms with E-state index in [1.54, 1.807) is 24.4 Å². The largest absolute Gasteiger partial charge is 0.495 e. The van der Waals surface area contributed by atoms with Crippen molar-refractivity contribution < 1.29 is 9.53 Å². The van der Waals surface area contributed by atoms with Crippen LogP contribution in [0.5, 0.6) is 5.75 Å². The fourth-order valence-electron chi connectivity index (χ4n) is 2.72. The van der Waals surface area contributed by atoms with Gasteiger partial charge in [0.1, 0.15) is 17.3 Å². The Kier molecular flexibility index (Phi) is 6.45. The SMILES string of the molecule is CCN(Cc1ccccc1)c1cnc(C(=O)Nc2cc(Cl)ccc2OC)cn1. The lowest BCUT2D eigenvalue weighted by Crippen LogP contribution is -2.24. The van der Waals surface area contributed by atoms with E-state index in [0.717, 1.165) is 13.1 Å². The normalized spacial score (nSPS) is 10.4. The van der Waals surface area contributed by atoms with Crippen LogP contribution < -0.4 is 15.0 Å². The number of carbonyl (C=O) groups excluding carboxylic acids is 1. The van der Waals surface area contributed by atoms with E-state index in [0.29, 0.717) is 22.3 Å². The zero-order valence-corrected chi connectivity index (χ0v) is 16.5. The zero-order chi connectivity index (χ0) is 19.9. The van der Waals surface area contributed by atoms with Gasteiger partial charge in [-0.3, -0.25) is 4.79 Å². The Morgan fingerprint density at radius 1 is 1.14 bits per heavy atom. The number of amides is 1. The lowest BCUT2D eigenvalue weighted by molar-refractivity contribution is 0.102. The Labute approximate surface area is 169 Å². The minimum absolute atomic E-state index is 0.210. The molecule has 0 unspecified atom stereocenters. The summed E-state index contributed by atoms with van der Waals surface area (Å²) in [7, 11) is 1.53. The summed E-state index contributed by atoms with van der Waals surface area (Å²) in [4.78, 5) is 23.3. The number of halogens is 1. The van der Waals surface area contributed by atoms with Gasteiger partial charge in [0.05, 0.1) is 25.2 Å². The predicted molar refractivity (Wildman–Crippen MR) is 111 cm³/mol. The van der Waals surface area contributed by atoms with E-state index in [4.69, 9.17) is 16.3 Å². The van der Waals surface area contributed by atoms with E-state index in [1.165, 1.54) is 18.9 Å². The molecule has 28 heavy (non-hydrogen) atoms. The first kappa shape index (κ1) is 19.6. The average Bonchev–Trinajstić information content (AvgIpc) is 2.73. The molecule has 0 bridgehead atoms. The van der Waals surface area contributed by atoms with Crippen molar-refractivity contribution in [2.75, 3.05) is 23.9 Å².